The van der Waals surface area contributed by atoms with E-state index in [4.69, 9.17) is 4.74 Å². The molecule has 7 rings (SSSR count). The first-order valence-corrected chi connectivity index (χ1v) is 19.9. The molecule has 3 aromatic rings. The highest BCUT2D eigenvalue weighted by molar-refractivity contribution is 7.90. The van der Waals surface area contributed by atoms with Gasteiger partial charge >= 0.3 is 0 Å². The van der Waals surface area contributed by atoms with Crippen molar-refractivity contribution in [2.24, 2.45) is 5.41 Å². The summed E-state index contributed by atoms with van der Waals surface area (Å²) in [5.74, 6) is 0.782. The third-order valence-electron chi connectivity index (χ3n) is 12.1. The number of rotatable bonds is 9. The predicted molar refractivity (Wildman–Crippen MR) is 193 cm³/mol. The van der Waals surface area contributed by atoms with E-state index in [1.54, 1.807) is 27.0 Å². The van der Waals surface area contributed by atoms with E-state index in [-0.39, 0.29) is 11.4 Å². The van der Waals surface area contributed by atoms with E-state index in [0.29, 0.717) is 18.0 Å². The molecule has 1 aromatic heterocycles. The maximum atomic E-state index is 14.8. The fourth-order valence-corrected chi connectivity index (χ4v) is 9.45. The summed E-state index contributed by atoms with van der Waals surface area (Å²) in [6.07, 6.45) is 11.6. The molecular formula is C39H52N4O5S. The van der Waals surface area contributed by atoms with Gasteiger partial charge in [-0.25, -0.2) is 13.1 Å². The molecule has 2 saturated heterocycles. The Kier molecular flexibility index (Phi) is 9.09. The third kappa shape index (κ3) is 6.28. The summed E-state index contributed by atoms with van der Waals surface area (Å²) < 4.78 is 35.5. The van der Waals surface area contributed by atoms with Crippen molar-refractivity contribution in [1.82, 2.24) is 19.1 Å². The minimum absolute atomic E-state index is 0.0445. The molecule has 2 saturated carbocycles. The highest BCUT2D eigenvalue weighted by Gasteiger charge is 2.57. The second-order valence-corrected chi connectivity index (χ2v) is 17.8. The summed E-state index contributed by atoms with van der Waals surface area (Å²) in [5, 5.41) is 0.347. The molecule has 0 radical (unpaired) electrons. The number of carbonyl (C=O) groups excluding carboxylic acids is 2. The fraction of sp³-hybridized carbons (Fsp3) is 0.590. The Morgan fingerprint density at radius 2 is 1.61 bits per heavy atom. The summed E-state index contributed by atoms with van der Waals surface area (Å²) in [5.41, 5.74) is 4.07. The number of sulfonamides is 1. The second kappa shape index (κ2) is 13.1. The predicted octanol–water partition coefficient (Wildman–Crippen LogP) is 6.70. The molecule has 264 valence electrons. The number of aromatic nitrogens is 1. The fourth-order valence-electron chi connectivity index (χ4n) is 8.84. The van der Waals surface area contributed by atoms with Crippen LogP contribution in [0.5, 0.6) is 5.75 Å². The lowest BCUT2D eigenvalue weighted by Gasteiger charge is -2.45. The largest absolute Gasteiger partial charge is 0.497 e. The van der Waals surface area contributed by atoms with Crippen LogP contribution >= 0.6 is 0 Å². The van der Waals surface area contributed by atoms with Crippen LogP contribution in [0.25, 0.3) is 22.2 Å². The lowest BCUT2D eigenvalue weighted by Crippen LogP contribution is -2.55. The van der Waals surface area contributed by atoms with Crippen LogP contribution in [0.3, 0.4) is 0 Å². The smallest absolute Gasteiger partial charge is 0.264 e. The number of likely N-dealkylation sites (tertiary alicyclic amines) is 2. The summed E-state index contributed by atoms with van der Waals surface area (Å²) in [4.78, 5) is 32.9. The van der Waals surface area contributed by atoms with Crippen LogP contribution in [0.4, 0.5) is 0 Å². The highest BCUT2D eigenvalue weighted by Crippen LogP contribution is 2.54. The van der Waals surface area contributed by atoms with E-state index in [0.717, 1.165) is 98.9 Å². The molecule has 10 heteroatoms. The van der Waals surface area contributed by atoms with Crippen molar-refractivity contribution in [2.45, 2.75) is 108 Å². The van der Waals surface area contributed by atoms with Crippen LogP contribution in [-0.4, -0.2) is 79.2 Å². The number of amides is 2. The number of hydrogen-bond donors (Lipinski definition) is 1. The maximum absolute atomic E-state index is 14.8. The van der Waals surface area contributed by atoms with Crippen LogP contribution in [0.1, 0.15) is 106 Å². The van der Waals surface area contributed by atoms with Gasteiger partial charge in [-0.2, -0.15) is 0 Å². The number of hydrogen-bond acceptors (Lipinski definition) is 6. The first-order valence-electron chi connectivity index (χ1n) is 18.3. The van der Waals surface area contributed by atoms with Crippen LogP contribution in [0.2, 0.25) is 0 Å². The van der Waals surface area contributed by atoms with Crippen molar-refractivity contribution in [1.29, 1.82) is 0 Å². The normalized spacial score (nSPS) is 21.0. The Hall–Kier alpha value is -3.37. The van der Waals surface area contributed by atoms with E-state index < -0.39 is 26.6 Å². The van der Waals surface area contributed by atoms with Crippen molar-refractivity contribution >= 4 is 32.7 Å². The number of piperidine rings is 1. The highest BCUT2D eigenvalue weighted by atomic mass is 32.2. The Morgan fingerprint density at radius 3 is 2.24 bits per heavy atom. The van der Waals surface area contributed by atoms with Gasteiger partial charge in [0.2, 0.25) is 15.9 Å². The second-order valence-electron chi connectivity index (χ2n) is 15.5. The van der Waals surface area contributed by atoms with Gasteiger partial charge in [0.15, 0.2) is 0 Å². The summed E-state index contributed by atoms with van der Waals surface area (Å²) >= 11 is 0. The summed E-state index contributed by atoms with van der Waals surface area (Å²) in [7, 11) is 0.0348. The van der Waals surface area contributed by atoms with Crippen LogP contribution in [0, 0.1) is 5.41 Å². The number of nitrogens with one attached hydrogen (secondary N) is 1. The topological polar surface area (TPSA) is 101 Å². The Bertz CT molecular complexity index is 1830. The van der Waals surface area contributed by atoms with Crippen LogP contribution in [-0.2, 0) is 21.4 Å². The number of ether oxygens (including phenoxy) is 1. The third-order valence-corrected chi connectivity index (χ3v) is 13.8. The summed E-state index contributed by atoms with van der Waals surface area (Å²) in [6, 6.07) is 13.8. The Balaban J connectivity index is 1.36. The standard InChI is InChI=1S/C39H52N4O5S/c1-27(2)49(46,47)40-36(44)30-13-16-32-33(25-30)42(35(29-11-14-31(48-4)15-12-29)34(32)28-9-6-5-7-10-28)26-38(18-19-38)37(45)43-22-8-17-39(43)20-23-41(3)24-21-39/h11-16,25,27-28H,5-10,17-24,26H2,1-4H3,(H,40,44). The van der Waals surface area contributed by atoms with Crippen molar-refractivity contribution < 1.29 is 22.7 Å². The molecule has 1 spiro atoms. The molecule has 0 unspecified atom stereocenters. The number of methoxy groups -OCH3 is 1. The number of carbonyl (C=O) groups is 2. The number of nitrogens with zero attached hydrogens (tertiary/aromatic N) is 3. The molecule has 49 heavy (non-hydrogen) atoms. The molecule has 4 aliphatic rings. The number of fused-ring (bicyclic) bond motifs is 1. The van der Waals surface area contributed by atoms with E-state index >= 15 is 0 Å². The van der Waals surface area contributed by atoms with Gasteiger partial charge in [-0.05, 0) is 126 Å². The average molecular weight is 689 g/mol. The molecule has 0 atom stereocenters. The van der Waals surface area contributed by atoms with Gasteiger partial charge in [0, 0.05) is 48.2 Å². The minimum atomic E-state index is -3.81. The zero-order valence-electron chi connectivity index (χ0n) is 29.6. The molecule has 2 aliphatic carbocycles. The first kappa shape index (κ1) is 34.1. The van der Waals surface area contributed by atoms with Crippen LogP contribution in [0.15, 0.2) is 42.5 Å². The van der Waals surface area contributed by atoms with Gasteiger partial charge in [-0.3, -0.25) is 9.59 Å². The van der Waals surface area contributed by atoms with Gasteiger partial charge < -0.3 is 19.1 Å². The molecule has 1 N–H and O–H groups in total. The van der Waals surface area contributed by atoms with Gasteiger partial charge in [-0.1, -0.05) is 25.3 Å². The van der Waals surface area contributed by atoms with Gasteiger partial charge in [0.05, 0.1) is 23.5 Å². The lowest BCUT2D eigenvalue weighted by atomic mass is 9.81. The van der Waals surface area contributed by atoms with Gasteiger partial charge in [0.25, 0.3) is 5.91 Å². The Labute approximate surface area is 291 Å². The van der Waals surface area contributed by atoms with Crippen LogP contribution < -0.4 is 9.46 Å². The molecule has 4 fully saturated rings. The van der Waals surface area contributed by atoms with Crippen molar-refractivity contribution in [3.8, 4) is 17.0 Å². The van der Waals surface area contributed by atoms with Crippen molar-refractivity contribution in [3.63, 3.8) is 0 Å². The summed E-state index contributed by atoms with van der Waals surface area (Å²) in [6.45, 7) is 6.50. The molecule has 2 amide bonds. The molecule has 2 aliphatic heterocycles. The first-order chi connectivity index (χ1) is 23.5. The zero-order chi connectivity index (χ0) is 34.6. The monoisotopic (exact) mass is 688 g/mol. The molecule has 3 heterocycles. The van der Waals surface area contributed by atoms with E-state index in [1.807, 2.05) is 24.3 Å². The van der Waals surface area contributed by atoms with Gasteiger partial charge in [0.1, 0.15) is 5.75 Å². The van der Waals surface area contributed by atoms with E-state index in [2.05, 4.69) is 38.3 Å². The minimum Gasteiger partial charge on any atom is -0.497 e. The quantitative estimate of drug-likeness (QED) is 0.269. The maximum Gasteiger partial charge on any atom is 0.264 e. The zero-order valence-corrected chi connectivity index (χ0v) is 30.4. The van der Waals surface area contributed by atoms with Crippen molar-refractivity contribution in [3.05, 3.63) is 53.6 Å². The lowest BCUT2D eigenvalue weighted by molar-refractivity contribution is -0.143. The average Bonchev–Trinajstić information content (AvgIpc) is 3.68. The molecule has 9 nitrogen and oxygen atoms in total. The molecular weight excluding hydrogens is 637 g/mol. The van der Waals surface area contributed by atoms with Gasteiger partial charge in [-0.15, -0.1) is 0 Å². The molecule has 0 bridgehead atoms. The molecule has 2 aromatic carbocycles. The number of benzene rings is 2. The SMILES string of the molecule is COc1ccc(-c2c(C3CCCCC3)c3ccc(C(=O)NS(=O)(=O)C(C)C)cc3n2CC2(C(=O)N3CCCC34CCN(C)CC4)CC2)cc1. The van der Waals surface area contributed by atoms with E-state index in [9.17, 15) is 18.0 Å². The Morgan fingerprint density at radius 1 is 0.918 bits per heavy atom. The van der Waals surface area contributed by atoms with E-state index in [1.165, 1.54) is 24.8 Å². The van der Waals surface area contributed by atoms with Crippen molar-refractivity contribution in [2.75, 3.05) is 33.8 Å².